The molecule has 0 fully saturated rings. The lowest BCUT2D eigenvalue weighted by Gasteiger charge is -1.99. The van der Waals surface area contributed by atoms with Gasteiger partial charge in [-0.3, -0.25) is 0 Å². The van der Waals surface area contributed by atoms with Crippen LogP contribution in [0.2, 0.25) is 0 Å². The van der Waals surface area contributed by atoms with Gasteiger partial charge in [0.2, 0.25) is 0 Å². The first-order chi connectivity index (χ1) is 5.13. The maximum atomic E-state index is 9.28. The Balaban J connectivity index is -0.000000138. The first kappa shape index (κ1) is 16.4. The molecule has 0 aromatic carbocycles. The highest BCUT2D eigenvalue weighted by atomic mass is 16.4. The SMILES string of the molecule is C[NH3+].C[NH3+].O=C([O-])CC(=O)[O-]. The van der Waals surface area contributed by atoms with Crippen LogP contribution >= 0.6 is 0 Å². The van der Waals surface area contributed by atoms with E-state index in [-0.39, 0.29) is 0 Å². The topological polar surface area (TPSA) is 136 Å². The third kappa shape index (κ3) is 51.0. The molecule has 0 radical (unpaired) electrons. The van der Waals surface area contributed by atoms with Crippen molar-refractivity contribution in [2.75, 3.05) is 14.1 Å². The van der Waals surface area contributed by atoms with Gasteiger partial charge in [-0.1, -0.05) is 0 Å². The summed E-state index contributed by atoms with van der Waals surface area (Å²) in [5, 5.41) is 18.6. The van der Waals surface area contributed by atoms with Crippen molar-refractivity contribution in [3.8, 4) is 0 Å². The van der Waals surface area contributed by atoms with E-state index >= 15 is 0 Å². The van der Waals surface area contributed by atoms with Crippen LogP contribution in [-0.2, 0) is 9.59 Å². The molecule has 0 amide bonds. The van der Waals surface area contributed by atoms with Crippen LogP contribution in [0.5, 0.6) is 0 Å². The fourth-order valence-corrected chi connectivity index (χ4v) is 0.118. The Hall–Kier alpha value is -1.14. The standard InChI is InChI=1S/C3H4O4.2CH5N/c4-2(5)1-3(6)7;2*1-2/h1H2,(H,4,5)(H,6,7);2*2H2,1H3. The molecule has 0 heterocycles. The summed E-state index contributed by atoms with van der Waals surface area (Å²) in [7, 11) is 3.50. The number of carboxylic acids is 2. The molecule has 0 saturated heterocycles. The monoisotopic (exact) mass is 166 g/mol. The molecule has 0 aliphatic carbocycles. The summed E-state index contributed by atoms with van der Waals surface area (Å²) in [6.07, 6.45) is -1.03. The van der Waals surface area contributed by atoms with Crippen molar-refractivity contribution >= 4 is 11.9 Å². The molecule has 0 aromatic rings. The molecule has 0 saturated carbocycles. The van der Waals surface area contributed by atoms with Crippen molar-refractivity contribution in [1.82, 2.24) is 0 Å². The Morgan fingerprint density at radius 2 is 1.18 bits per heavy atom. The molecule has 0 spiro atoms. The molecule has 0 aromatic heterocycles. The fraction of sp³-hybridized carbons (Fsp3) is 0.600. The van der Waals surface area contributed by atoms with Crippen LogP contribution in [0.15, 0.2) is 0 Å². The van der Waals surface area contributed by atoms with Gasteiger partial charge in [-0.05, 0) is 0 Å². The molecule has 11 heavy (non-hydrogen) atoms. The summed E-state index contributed by atoms with van der Waals surface area (Å²) in [5.41, 5.74) is 6.50. The summed E-state index contributed by atoms with van der Waals surface area (Å²) < 4.78 is 0. The number of aliphatic carboxylic acids is 2. The number of carbonyl (C=O) groups excluding carboxylic acids is 2. The van der Waals surface area contributed by atoms with Crippen LogP contribution in [0.3, 0.4) is 0 Å². The van der Waals surface area contributed by atoms with E-state index in [2.05, 4.69) is 11.5 Å². The third-order valence-corrected chi connectivity index (χ3v) is 0.289. The molecule has 0 aliphatic heterocycles. The van der Waals surface area contributed by atoms with E-state index in [4.69, 9.17) is 0 Å². The van der Waals surface area contributed by atoms with Crippen LogP contribution in [0, 0.1) is 0 Å². The number of carboxylic acid groups (broad SMARTS) is 2. The zero-order valence-electron chi connectivity index (χ0n) is 6.75. The number of hydrogen-bond acceptors (Lipinski definition) is 4. The van der Waals surface area contributed by atoms with Gasteiger partial charge < -0.3 is 31.3 Å². The lowest BCUT2D eigenvalue weighted by molar-refractivity contribution is -0.325. The van der Waals surface area contributed by atoms with E-state index < -0.39 is 18.4 Å². The number of rotatable bonds is 2. The Morgan fingerprint density at radius 3 is 1.18 bits per heavy atom. The summed E-state index contributed by atoms with van der Waals surface area (Å²) in [4.78, 5) is 18.6. The van der Waals surface area contributed by atoms with Gasteiger partial charge in [-0.15, -0.1) is 0 Å². The maximum Gasteiger partial charge on any atom is 0.0634 e. The predicted octanol–water partition coefficient (Wildman–Crippen LogP) is -5.41. The van der Waals surface area contributed by atoms with E-state index in [0.717, 1.165) is 0 Å². The van der Waals surface area contributed by atoms with Gasteiger partial charge in [0.1, 0.15) is 0 Å². The van der Waals surface area contributed by atoms with Crippen LogP contribution < -0.4 is 21.7 Å². The molecule has 6 nitrogen and oxygen atoms in total. The maximum absolute atomic E-state index is 9.28. The minimum atomic E-state index is -1.63. The smallest absolute Gasteiger partial charge is 0.0634 e. The second kappa shape index (κ2) is 15.9. The van der Waals surface area contributed by atoms with Crippen molar-refractivity contribution in [2.45, 2.75) is 6.42 Å². The van der Waals surface area contributed by atoms with E-state index in [1.807, 2.05) is 0 Å². The largest absolute Gasteiger partial charge is 0.550 e. The van der Waals surface area contributed by atoms with Crippen molar-refractivity contribution in [3.63, 3.8) is 0 Å². The van der Waals surface area contributed by atoms with Crippen molar-refractivity contribution in [1.29, 1.82) is 0 Å². The van der Waals surface area contributed by atoms with Crippen LogP contribution in [-0.4, -0.2) is 26.0 Å². The van der Waals surface area contributed by atoms with Crippen molar-refractivity contribution < 1.29 is 31.3 Å². The van der Waals surface area contributed by atoms with E-state index in [9.17, 15) is 19.8 Å². The fourth-order valence-electron chi connectivity index (χ4n) is 0.118. The van der Waals surface area contributed by atoms with Crippen LogP contribution in [0.25, 0.3) is 0 Å². The van der Waals surface area contributed by atoms with E-state index in [0.29, 0.717) is 0 Å². The van der Waals surface area contributed by atoms with Crippen molar-refractivity contribution in [3.05, 3.63) is 0 Å². The molecule has 0 bridgehead atoms. The van der Waals surface area contributed by atoms with Crippen molar-refractivity contribution in [2.24, 2.45) is 0 Å². The molecule has 0 rings (SSSR count). The van der Waals surface area contributed by atoms with Crippen LogP contribution in [0.1, 0.15) is 6.42 Å². The lowest BCUT2D eigenvalue weighted by atomic mass is 10.5. The summed E-state index contributed by atoms with van der Waals surface area (Å²) in [5.74, 6) is -3.25. The van der Waals surface area contributed by atoms with Gasteiger partial charge in [0.05, 0.1) is 14.1 Å². The highest BCUT2D eigenvalue weighted by molar-refractivity contribution is 5.86. The first-order valence-electron chi connectivity index (χ1n) is 2.94. The quantitative estimate of drug-likeness (QED) is 0.395. The number of carbonyl (C=O) groups is 2. The minimum Gasteiger partial charge on any atom is -0.550 e. The lowest BCUT2D eigenvalue weighted by Crippen LogP contribution is -2.40. The Bertz CT molecular complexity index is 92.7. The normalized spacial score (nSPS) is 6.18. The molecular formula is C5H14N2O4. The van der Waals surface area contributed by atoms with Gasteiger partial charge in [0.25, 0.3) is 0 Å². The van der Waals surface area contributed by atoms with Gasteiger partial charge in [0.15, 0.2) is 0 Å². The second-order valence-corrected chi connectivity index (χ2v) is 0.921. The Morgan fingerprint density at radius 1 is 1.00 bits per heavy atom. The van der Waals surface area contributed by atoms with Gasteiger partial charge >= 0.3 is 0 Å². The molecular weight excluding hydrogens is 152 g/mol. The van der Waals surface area contributed by atoms with Crippen LogP contribution in [0.4, 0.5) is 0 Å². The molecule has 0 aliphatic rings. The molecule has 68 valence electrons. The molecule has 6 heteroatoms. The zero-order chi connectivity index (χ0) is 9.86. The summed E-state index contributed by atoms with van der Waals surface area (Å²) in [6, 6.07) is 0. The zero-order valence-corrected chi connectivity index (χ0v) is 6.75. The number of hydrogen-bond donors (Lipinski definition) is 2. The Labute approximate surface area is 64.8 Å². The third-order valence-electron chi connectivity index (χ3n) is 0.289. The number of quaternary nitrogens is 2. The molecule has 6 N–H and O–H groups in total. The average molecular weight is 166 g/mol. The molecule has 0 unspecified atom stereocenters. The average Bonchev–Trinajstić information content (AvgIpc) is 1.93. The summed E-state index contributed by atoms with van der Waals surface area (Å²) >= 11 is 0. The minimum absolute atomic E-state index is 1.03. The summed E-state index contributed by atoms with van der Waals surface area (Å²) in [6.45, 7) is 0. The molecule has 0 atom stereocenters. The first-order valence-corrected chi connectivity index (χ1v) is 2.94. The van der Waals surface area contributed by atoms with Gasteiger partial charge in [0, 0.05) is 18.4 Å². The highest BCUT2D eigenvalue weighted by Crippen LogP contribution is 1.66. The van der Waals surface area contributed by atoms with Gasteiger partial charge in [-0.25, -0.2) is 0 Å². The highest BCUT2D eigenvalue weighted by Gasteiger charge is 1.81. The second-order valence-electron chi connectivity index (χ2n) is 0.921. The van der Waals surface area contributed by atoms with E-state index in [1.54, 1.807) is 14.1 Å². The predicted molar refractivity (Wildman–Crippen MR) is 32.3 cm³/mol. The van der Waals surface area contributed by atoms with E-state index in [1.165, 1.54) is 0 Å². The van der Waals surface area contributed by atoms with Gasteiger partial charge in [-0.2, -0.15) is 0 Å². The Kier molecular flexibility index (Phi) is 23.8.